The van der Waals surface area contributed by atoms with E-state index < -0.39 is 0 Å². The van der Waals surface area contributed by atoms with Gasteiger partial charge in [-0.05, 0) is 59.3 Å². The maximum Gasteiger partial charge on any atom is 0.239 e. The van der Waals surface area contributed by atoms with E-state index in [1.807, 2.05) is 60.4 Å². The summed E-state index contributed by atoms with van der Waals surface area (Å²) in [5, 5.41) is 8.76. The van der Waals surface area contributed by atoms with Gasteiger partial charge in [-0.2, -0.15) is 0 Å². The number of unbranched alkanes of at least 4 members (excludes halogenated alkanes) is 1. The molecule has 0 heterocycles. The zero-order valence-electron chi connectivity index (χ0n) is 24.0. The molecule has 0 aromatic heterocycles. The molecular weight excluding hydrogens is 508 g/mol. The Labute approximate surface area is 243 Å². The smallest absolute Gasteiger partial charge is 0.239 e. The Bertz CT molecular complexity index is 1380. The third-order valence-corrected chi connectivity index (χ3v) is 7.44. The lowest BCUT2D eigenvalue weighted by atomic mass is 10.0. The predicted molar refractivity (Wildman–Crippen MR) is 168 cm³/mol. The molecule has 4 aromatic rings. The van der Waals surface area contributed by atoms with Gasteiger partial charge in [0.05, 0.1) is 12.5 Å². The Morgan fingerprint density at radius 1 is 0.805 bits per heavy atom. The van der Waals surface area contributed by atoms with Crippen LogP contribution in [0.25, 0.3) is 21.9 Å². The molecule has 4 aromatic carbocycles. The minimum atomic E-state index is -0.320. The normalized spacial score (nSPS) is 11.8. The molecule has 0 fully saturated rings. The van der Waals surface area contributed by atoms with E-state index >= 15 is 0 Å². The van der Waals surface area contributed by atoms with Crippen molar-refractivity contribution in [2.45, 2.75) is 45.2 Å². The van der Waals surface area contributed by atoms with Crippen LogP contribution >= 0.6 is 0 Å². The quantitative estimate of drug-likeness (QED) is 0.175. The Morgan fingerprint density at radius 3 is 2.27 bits per heavy atom. The number of amides is 2. The Kier molecular flexibility index (Phi) is 11.5. The Balaban J connectivity index is 1.29. The lowest BCUT2D eigenvalue weighted by Crippen LogP contribution is -2.48. The van der Waals surface area contributed by atoms with Crippen LogP contribution in [0, 0.1) is 0 Å². The SMILES string of the molecule is CCN(Cc1cccc2ccccc12)C(=O)C(CCCCN)NCCNC(=O)Cc1ccc(-c2ccccc2)cc1. The van der Waals surface area contributed by atoms with Crippen molar-refractivity contribution >= 4 is 22.6 Å². The standard InChI is InChI=1S/C35H42N4O2/c1-2-39(26-31-15-10-14-30-13-6-7-16-32(30)31)35(41)33(17-8-9-22-36)37-23-24-38-34(40)25-27-18-20-29(21-19-27)28-11-4-3-5-12-28/h3-7,10-16,18-21,33,37H,2,8-9,17,22-26,36H2,1H3,(H,38,40). The number of carbonyl (C=O) groups excluding carboxylic acids is 2. The zero-order valence-corrected chi connectivity index (χ0v) is 24.0. The van der Waals surface area contributed by atoms with Crippen LogP contribution in [0.3, 0.4) is 0 Å². The van der Waals surface area contributed by atoms with Gasteiger partial charge in [0.1, 0.15) is 0 Å². The molecule has 6 nitrogen and oxygen atoms in total. The second-order valence-corrected chi connectivity index (χ2v) is 10.4. The number of fused-ring (bicyclic) bond motifs is 1. The Morgan fingerprint density at radius 2 is 1.51 bits per heavy atom. The third-order valence-electron chi connectivity index (χ3n) is 7.44. The molecule has 0 aliphatic rings. The van der Waals surface area contributed by atoms with E-state index in [0.717, 1.165) is 35.1 Å². The van der Waals surface area contributed by atoms with Gasteiger partial charge in [0.25, 0.3) is 0 Å². The van der Waals surface area contributed by atoms with E-state index in [1.54, 1.807) is 0 Å². The van der Waals surface area contributed by atoms with E-state index in [1.165, 1.54) is 10.8 Å². The average molecular weight is 551 g/mol. The lowest BCUT2D eigenvalue weighted by molar-refractivity contribution is -0.134. The zero-order chi connectivity index (χ0) is 28.9. The molecule has 0 aliphatic carbocycles. The first-order chi connectivity index (χ1) is 20.1. The van der Waals surface area contributed by atoms with E-state index in [0.29, 0.717) is 45.6 Å². The number of nitrogens with two attached hydrogens (primary N) is 1. The van der Waals surface area contributed by atoms with Gasteiger partial charge in [-0.3, -0.25) is 9.59 Å². The van der Waals surface area contributed by atoms with E-state index in [2.05, 4.69) is 59.2 Å². The molecule has 0 radical (unpaired) electrons. The highest BCUT2D eigenvalue weighted by Crippen LogP contribution is 2.21. The highest BCUT2D eigenvalue weighted by molar-refractivity contribution is 5.87. The van der Waals surface area contributed by atoms with Crippen LogP contribution in [0.5, 0.6) is 0 Å². The second kappa shape index (κ2) is 15.7. The number of benzene rings is 4. The summed E-state index contributed by atoms with van der Waals surface area (Å²) in [5.41, 5.74) is 10.1. The molecule has 41 heavy (non-hydrogen) atoms. The molecule has 0 saturated carbocycles. The number of hydrogen-bond acceptors (Lipinski definition) is 4. The van der Waals surface area contributed by atoms with E-state index in [9.17, 15) is 9.59 Å². The van der Waals surface area contributed by atoms with Gasteiger partial charge in [-0.25, -0.2) is 0 Å². The highest BCUT2D eigenvalue weighted by Gasteiger charge is 2.23. The fraction of sp³-hybridized carbons (Fsp3) is 0.314. The summed E-state index contributed by atoms with van der Waals surface area (Å²) >= 11 is 0. The van der Waals surface area contributed by atoms with Gasteiger partial charge >= 0.3 is 0 Å². The number of carbonyl (C=O) groups is 2. The lowest BCUT2D eigenvalue weighted by Gasteiger charge is -2.28. The van der Waals surface area contributed by atoms with Crippen LogP contribution in [0.15, 0.2) is 97.1 Å². The Hall–Kier alpha value is -4.00. The van der Waals surface area contributed by atoms with Gasteiger partial charge in [0, 0.05) is 26.2 Å². The van der Waals surface area contributed by atoms with Crippen molar-refractivity contribution in [2.24, 2.45) is 5.73 Å². The molecule has 4 N–H and O–H groups in total. The van der Waals surface area contributed by atoms with Crippen LogP contribution in [0.4, 0.5) is 0 Å². The molecule has 1 atom stereocenters. The molecule has 214 valence electrons. The topological polar surface area (TPSA) is 87.5 Å². The molecule has 2 amide bonds. The van der Waals surface area contributed by atoms with Gasteiger partial charge in [-0.1, -0.05) is 103 Å². The summed E-state index contributed by atoms with van der Waals surface area (Å²) in [6, 6.07) is 32.5. The van der Waals surface area contributed by atoms with Gasteiger partial charge < -0.3 is 21.3 Å². The first-order valence-corrected chi connectivity index (χ1v) is 14.7. The number of hydrogen-bond donors (Lipinski definition) is 3. The third kappa shape index (κ3) is 8.74. The largest absolute Gasteiger partial charge is 0.355 e. The second-order valence-electron chi connectivity index (χ2n) is 10.4. The van der Waals surface area contributed by atoms with Crippen LogP contribution in [-0.2, 0) is 22.6 Å². The summed E-state index contributed by atoms with van der Waals surface area (Å²) in [7, 11) is 0. The van der Waals surface area contributed by atoms with Crippen molar-refractivity contribution in [2.75, 3.05) is 26.2 Å². The van der Waals surface area contributed by atoms with Crippen molar-refractivity contribution in [3.05, 3.63) is 108 Å². The van der Waals surface area contributed by atoms with Gasteiger partial charge in [0.2, 0.25) is 11.8 Å². The minimum absolute atomic E-state index is 0.0311. The summed E-state index contributed by atoms with van der Waals surface area (Å²) < 4.78 is 0. The highest BCUT2D eigenvalue weighted by atomic mass is 16.2. The van der Waals surface area contributed by atoms with Crippen LogP contribution in [0.2, 0.25) is 0 Å². The summed E-state index contributed by atoms with van der Waals surface area (Å²) in [4.78, 5) is 28.2. The van der Waals surface area contributed by atoms with E-state index in [-0.39, 0.29) is 17.9 Å². The van der Waals surface area contributed by atoms with Crippen molar-refractivity contribution in [3.63, 3.8) is 0 Å². The molecule has 4 rings (SSSR count). The predicted octanol–water partition coefficient (Wildman–Crippen LogP) is 5.30. The van der Waals surface area contributed by atoms with Crippen molar-refractivity contribution in [3.8, 4) is 11.1 Å². The van der Waals surface area contributed by atoms with Crippen molar-refractivity contribution in [1.29, 1.82) is 0 Å². The van der Waals surface area contributed by atoms with Crippen LogP contribution in [0.1, 0.15) is 37.3 Å². The van der Waals surface area contributed by atoms with Gasteiger partial charge in [0.15, 0.2) is 0 Å². The molecule has 6 heteroatoms. The number of nitrogens with zero attached hydrogens (tertiary/aromatic N) is 1. The van der Waals surface area contributed by atoms with Crippen molar-refractivity contribution in [1.82, 2.24) is 15.5 Å². The number of nitrogens with one attached hydrogen (secondary N) is 2. The molecule has 0 saturated heterocycles. The monoisotopic (exact) mass is 550 g/mol. The maximum atomic E-state index is 13.7. The molecule has 1 unspecified atom stereocenters. The van der Waals surface area contributed by atoms with Crippen LogP contribution in [-0.4, -0.2) is 48.9 Å². The van der Waals surface area contributed by atoms with Crippen molar-refractivity contribution < 1.29 is 9.59 Å². The molecule has 0 aliphatic heterocycles. The van der Waals surface area contributed by atoms with Crippen LogP contribution < -0.4 is 16.4 Å². The summed E-state index contributed by atoms with van der Waals surface area (Å²) in [6.07, 6.45) is 2.78. The molecular formula is C35H42N4O2. The fourth-order valence-corrected chi connectivity index (χ4v) is 5.15. The molecule has 0 bridgehead atoms. The molecule has 0 spiro atoms. The summed E-state index contributed by atoms with van der Waals surface area (Å²) in [5.74, 6) is 0.0543. The summed E-state index contributed by atoms with van der Waals surface area (Å²) in [6.45, 7) is 4.78. The van der Waals surface area contributed by atoms with E-state index in [4.69, 9.17) is 5.73 Å². The minimum Gasteiger partial charge on any atom is -0.355 e. The number of rotatable bonds is 15. The fourth-order valence-electron chi connectivity index (χ4n) is 5.15. The number of likely N-dealkylation sites (N-methyl/N-ethyl adjacent to an activating group) is 1. The first kappa shape index (κ1) is 30.0. The maximum absolute atomic E-state index is 13.7. The average Bonchev–Trinajstić information content (AvgIpc) is 3.01. The van der Waals surface area contributed by atoms with Gasteiger partial charge in [-0.15, -0.1) is 0 Å². The first-order valence-electron chi connectivity index (χ1n) is 14.7.